The van der Waals surface area contributed by atoms with Gasteiger partial charge in [-0.2, -0.15) is 0 Å². The molecule has 5 heteroatoms. The highest BCUT2D eigenvalue weighted by molar-refractivity contribution is 5.91. The Balaban J connectivity index is 1.28. The number of likely N-dealkylation sites (N-methyl/N-ethyl adjacent to an activating group) is 1. The lowest BCUT2D eigenvalue weighted by atomic mass is 9.47. The number of piperidine rings is 1. The lowest BCUT2D eigenvalue weighted by Crippen LogP contribution is -2.72. The van der Waals surface area contributed by atoms with E-state index in [1.807, 2.05) is 24.1 Å². The van der Waals surface area contributed by atoms with Crippen molar-refractivity contribution >= 4 is 12.0 Å². The third-order valence-corrected chi connectivity index (χ3v) is 9.74. The van der Waals surface area contributed by atoms with Crippen LogP contribution in [0, 0.1) is 11.3 Å². The quantitative estimate of drug-likeness (QED) is 0.518. The van der Waals surface area contributed by atoms with Gasteiger partial charge in [0.15, 0.2) is 0 Å². The van der Waals surface area contributed by atoms with E-state index in [2.05, 4.69) is 4.90 Å². The second-order valence-corrected chi connectivity index (χ2v) is 11.4. The molecule has 4 atom stereocenters. The number of amides is 1. The fourth-order valence-corrected chi connectivity index (χ4v) is 7.76. The Kier molecular flexibility index (Phi) is 5.34. The number of hydrogen-bond donors (Lipinski definition) is 1. The van der Waals surface area contributed by atoms with Crippen molar-refractivity contribution in [1.82, 2.24) is 9.80 Å². The third-order valence-electron chi connectivity index (χ3n) is 9.74. The van der Waals surface area contributed by atoms with E-state index in [-0.39, 0.29) is 23.4 Å². The van der Waals surface area contributed by atoms with Gasteiger partial charge in [0.05, 0.1) is 18.1 Å². The van der Waals surface area contributed by atoms with Crippen LogP contribution in [0.15, 0.2) is 40.2 Å². The maximum atomic E-state index is 13.0. The van der Waals surface area contributed by atoms with Crippen LogP contribution in [0.4, 0.5) is 0 Å². The van der Waals surface area contributed by atoms with Crippen LogP contribution in [0.1, 0.15) is 76.2 Å². The maximum Gasteiger partial charge on any atom is 0.246 e. The number of hydrogen-bond acceptors (Lipinski definition) is 4. The topological polar surface area (TPSA) is 56.9 Å². The van der Waals surface area contributed by atoms with Crippen molar-refractivity contribution in [2.45, 2.75) is 88.3 Å². The normalized spacial score (nSPS) is 36.5. The van der Waals surface area contributed by atoms with Gasteiger partial charge in [-0.25, -0.2) is 0 Å². The van der Waals surface area contributed by atoms with Crippen LogP contribution in [0.25, 0.3) is 6.08 Å². The second-order valence-electron chi connectivity index (χ2n) is 11.4. The molecule has 1 N–H and O–H groups in total. The fraction of sp³-hybridized carbons (Fsp3) is 0.679. The van der Waals surface area contributed by atoms with Crippen LogP contribution in [0.5, 0.6) is 0 Å². The Bertz CT molecular complexity index is 962. The first-order chi connectivity index (χ1) is 16.0. The summed E-state index contributed by atoms with van der Waals surface area (Å²) in [5.74, 6) is 0.893. The van der Waals surface area contributed by atoms with Crippen molar-refractivity contribution in [2.24, 2.45) is 11.3 Å². The molecule has 6 rings (SSSR count). The smallest absolute Gasteiger partial charge is 0.246 e. The van der Waals surface area contributed by atoms with Crippen molar-refractivity contribution in [3.63, 3.8) is 0 Å². The second kappa shape index (κ2) is 8.13. The Morgan fingerprint density at radius 2 is 2.12 bits per heavy atom. The summed E-state index contributed by atoms with van der Waals surface area (Å²) >= 11 is 0. The molecule has 5 aliphatic rings. The first-order valence-electron chi connectivity index (χ1n) is 13.1. The Labute approximate surface area is 197 Å². The molecule has 1 aromatic heterocycles. The zero-order chi connectivity index (χ0) is 22.6. The van der Waals surface area contributed by atoms with Gasteiger partial charge in [-0.3, -0.25) is 9.69 Å². The predicted octanol–water partition coefficient (Wildman–Crippen LogP) is 4.78. The van der Waals surface area contributed by atoms with E-state index in [1.165, 1.54) is 38.6 Å². The van der Waals surface area contributed by atoms with Crippen LogP contribution in [-0.2, 0) is 4.79 Å². The number of carbonyl (C=O) groups excluding carboxylic acids is 1. The number of nitrogens with zero attached hydrogens (tertiary/aromatic N) is 2. The molecule has 3 fully saturated rings. The van der Waals surface area contributed by atoms with Gasteiger partial charge >= 0.3 is 0 Å². The molecular formula is C28H38N2O3. The highest BCUT2D eigenvalue weighted by Crippen LogP contribution is 2.63. The van der Waals surface area contributed by atoms with E-state index in [0.717, 1.165) is 56.6 Å². The average molecular weight is 451 g/mol. The van der Waals surface area contributed by atoms with Crippen LogP contribution >= 0.6 is 0 Å². The monoisotopic (exact) mass is 450 g/mol. The fourth-order valence-electron chi connectivity index (χ4n) is 7.76. The molecule has 1 unspecified atom stereocenters. The molecule has 2 heterocycles. The van der Waals surface area contributed by atoms with Gasteiger partial charge in [-0.15, -0.1) is 0 Å². The van der Waals surface area contributed by atoms with Crippen LogP contribution in [-0.4, -0.2) is 58.6 Å². The SMILES string of the molecule is CN(C(=O)/C=C/c1ccoc1)C1CC[C@@]2(O)[C@H]3CC4=C(CCCC4)[C@@]2(CCN3CC2CC2)C1. The molecule has 178 valence electrons. The average Bonchev–Trinajstić information content (AvgIpc) is 3.49. The summed E-state index contributed by atoms with van der Waals surface area (Å²) in [5, 5.41) is 12.5. The number of carbonyl (C=O) groups is 1. The van der Waals surface area contributed by atoms with Gasteiger partial charge in [-0.05, 0) is 95.2 Å². The van der Waals surface area contributed by atoms with Gasteiger partial charge < -0.3 is 14.4 Å². The van der Waals surface area contributed by atoms with E-state index in [1.54, 1.807) is 29.7 Å². The molecule has 33 heavy (non-hydrogen) atoms. The zero-order valence-corrected chi connectivity index (χ0v) is 20.0. The zero-order valence-electron chi connectivity index (χ0n) is 20.0. The van der Waals surface area contributed by atoms with Gasteiger partial charge in [0.25, 0.3) is 0 Å². The van der Waals surface area contributed by atoms with Crippen LogP contribution < -0.4 is 0 Å². The first kappa shape index (κ1) is 21.7. The molecule has 1 aromatic rings. The number of rotatable bonds is 5. The minimum atomic E-state index is -0.636. The first-order valence-corrected chi connectivity index (χ1v) is 13.1. The highest BCUT2D eigenvalue weighted by Gasteiger charge is 2.65. The molecule has 0 radical (unpaired) electrons. The molecule has 1 amide bonds. The summed E-state index contributed by atoms with van der Waals surface area (Å²) < 4.78 is 5.11. The molecular weight excluding hydrogens is 412 g/mol. The van der Waals surface area contributed by atoms with E-state index in [0.29, 0.717) is 0 Å². The summed E-state index contributed by atoms with van der Waals surface area (Å²) in [6.07, 6.45) is 19.1. The Hall–Kier alpha value is -1.85. The Morgan fingerprint density at radius 3 is 2.91 bits per heavy atom. The number of likely N-dealkylation sites (tertiary alicyclic amines) is 1. The minimum absolute atomic E-state index is 0.0411. The lowest BCUT2D eigenvalue weighted by Gasteiger charge is -2.66. The van der Waals surface area contributed by atoms with E-state index < -0.39 is 5.60 Å². The summed E-state index contributed by atoms with van der Waals surface area (Å²) in [4.78, 5) is 17.6. The molecule has 1 saturated heterocycles. The summed E-state index contributed by atoms with van der Waals surface area (Å²) in [6, 6.07) is 2.31. The molecule has 1 aliphatic heterocycles. The summed E-state index contributed by atoms with van der Waals surface area (Å²) in [6.45, 7) is 2.28. The molecule has 4 aliphatic carbocycles. The molecule has 2 saturated carbocycles. The summed E-state index contributed by atoms with van der Waals surface area (Å²) in [7, 11) is 1.95. The largest absolute Gasteiger partial charge is 0.472 e. The van der Waals surface area contributed by atoms with Crippen molar-refractivity contribution in [3.05, 3.63) is 41.4 Å². The standard InChI is InChI=1S/C28H38N2O3/c1-29(26(31)9-8-21-11-15-33-19-21)23-10-12-28(32)25-16-22-4-2-3-5-24(22)27(28,17-23)13-14-30(25)18-20-6-7-20/h8-9,11,15,19-20,23,25,32H,2-7,10,12-14,16-18H2,1H3/b9-8+/t23?,25-,27-,28-/m1/s1. The van der Waals surface area contributed by atoms with Crippen LogP contribution in [0.2, 0.25) is 0 Å². The molecule has 0 aromatic carbocycles. The number of aliphatic hydroxyl groups is 1. The maximum absolute atomic E-state index is 13.0. The third kappa shape index (κ3) is 3.54. The molecule has 0 spiro atoms. The lowest BCUT2D eigenvalue weighted by molar-refractivity contribution is -0.198. The predicted molar refractivity (Wildman–Crippen MR) is 128 cm³/mol. The molecule has 2 bridgehead atoms. The highest BCUT2D eigenvalue weighted by atomic mass is 16.3. The Morgan fingerprint density at radius 1 is 1.27 bits per heavy atom. The van der Waals surface area contributed by atoms with E-state index >= 15 is 0 Å². The van der Waals surface area contributed by atoms with Gasteiger partial charge in [0, 0.05) is 42.7 Å². The summed E-state index contributed by atoms with van der Waals surface area (Å²) in [5.41, 5.74) is 3.38. The van der Waals surface area contributed by atoms with Crippen molar-refractivity contribution in [2.75, 3.05) is 20.1 Å². The van der Waals surface area contributed by atoms with Gasteiger partial charge in [0.1, 0.15) is 0 Å². The molecule has 5 nitrogen and oxygen atoms in total. The van der Waals surface area contributed by atoms with Crippen molar-refractivity contribution in [3.8, 4) is 0 Å². The van der Waals surface area contributed by atoms with Gasteiger partial charge in [-0.1, -0.05) is 11.1 Å². The number of furan rings is 1. The minimum Gasteiger partial charge on any atom is -0.472 e. The van der Waals surface area contributed by atoms with E-state index in [9.17, 15) is 9.90 Å². The van der Waals surface area contributed by atoms with Crippen molar-refractivity contribution in [1.29, 1.82) is 0 Å². The van der Waals surface area contributed by atoms with Crippen molar-refractivity contribution < 1.29 is 14.3 Å². The van der Waals surface area contributed by atoms with Crippen LogP contribution in [0.3, 0.4) is 0 Å². The van der Waals surface area contributed by atoms with Gasteiger partial charge in [0.2, 0.25) is 5.91 Å². The van der Waals surface area contributed by atoms with E-state index in [4.69, 9.17) is 4.42 Å².